The van der Waals surface area contributed by atoms with E-state index in [-0.39, 0.29) is 0 Å². The van der Waals surface area contributed by atoms with Crippen molar-refractivity contribution in [2.75, 3.05) is 5.32 Å². The molecule has 1 amide bonds. The summed E-state index contributed by atoms with van der Waals surface area (Å²) in [7, 11) is 0. The number of rotatable bonds is 1. The second kappa shape index (κ2) is 4.56. The normalized spacial score (nSPS) is 11.1. The number of oxime groups is 1. The first kappa shape index (κ1) is 10.5. The molecule has 6 nitrogen and oxygen atoms in total. The van der Waals surface area contributed by atoms with E-state index in [1.165, 1.54) is 6.20 Å². The number of nitrogens with two attached hydrogens (primary N) is 1. The number of anilines is 1. The molecule has 0 aliphatic rings. The molecule has 0 aliphatic carbocycles. The van der Waals surface area contributed by atoms with Gasteiger partial charge < -0.3 is 16.3 Å². The van der Waals surface area contributed by atoms with Gasteiger partial charge in [0.2, 0.25) is 5.84 Å². The third kappa shape index (κ3) is 2.70. The Hall–Kier alpha value is -1.63. The zero-order valence-electron chi connectivity index (χ0n) is 6.94. The molecule has 1 aromatic rings. The monoisotopic (exact) mass is 258 g/mol. The lowest BCUT2D eigenvalue weighted by atomic mass is 10.4. The topological polar surface area (TPSA) is 101 Å². The van der Waals surface area contributed by atoms with Crippen LogP contribution in [0.2, 0.25) is 0 Å². The van der Waals surface area contributed by atoms with Crippen molar-refractivity contribution in [3.05, 3.63) is 22.8 Å². The molecule has 0 spiro atoms. The first-order chi connectivity index (χ1) is 6.63. The van der Waals surface area contributed by atoms with Gasteiger partial charge in [-0.05, 0) is 28.1 Å². The zero-order chi connectivity index (χ0) is 10.6. The summed E-state index contributed by atoms with van der Waals surface area (Å²) in [6.07, 6.45) is 1.52. The van der Waals surface area contributed by atoms with E-state index in [2.05, 4.69) is 31.4 Å². The van der Waals surface area contributed by atoms with Crippen LogP contribution in [-0.4, -0.2) is 21.9 Å². The predicted molar refractivity (Wildman–Crippen MR) is 54.0 cm³/mol. The molecule has 0 radical (unpaired) electrons. The third-order valence-corrected chi connectivity index (χ3v) is 1.78. The van der Waals surface area contributed by atoms with E-state index in [9.17, 15) is 4.79 Å². The van der Waals surface area contributed by atoms with Gasteiger partial charge in [0.1, 0.15) is 5.82 Å². The second-order valence-electron chi connectivity index (χ2n) is 2.30. The minimum atomic E-state index is -0.706. The van der Waals surface area contributed by atoms with Gasteiger partial charge in [-0.15, -0.1) is 0 Å². The summed E-state index contributed by atoms with van der Waals surface area (Å²) >= 11 is 3.19. The number of hydrogen-bond acceptors (Lipinski definition) is 4. The van der Waals surface area contributed by atoms with Crippen molar-refractivity contribution in [3.8, 4) is 0 Å². The van der Waals surface area contributed by atoms with Crippen molar-refractivity contribution >= 4 is 33.5 Å². The Balaban J connectivity index is 2.70. The summed E-state index contributed by atoms with van der Waals surface area (Å²) in [5.41, 5.74) is 5.05. The van der Waals surface area contributed by atoms with E-state index in [4.69, 9.17) is 10.9 Å². The number of pyridine rings is 1. The SMILES string of the molecule is N/C(=N\O)C(=O)Nc1ccc(Br)cn1. The highest BCUT2D eigenvalue weighted by atomic mass is 79.9. The molecule has 1 rings (SSSR count). The highest BCUT2D eigenvalue weighted by molar-refractivity contribution is 9.10. The minimum Gasteiger partial charge on any atom is -0.409 e. The molecule has 0 unspecified atom stereocenters. The average Bonchev–Trinajstić information content (AvgIpc) is 2.20. The van der Waals surface area contributed by atoms with Crippen molar-refractivity contribution in [3.63, 3.8) is 0 Å². The van der Waals surface area contributed by atoms with Crippen LogP contribution in [0.3, 0.4) is 0 Å². The molecule has 0 aromatic carbocycles. The second-order valence-corrected chi connectivity index (χ2v) is 3.22. The Morgan fingerprint density at radius 3 is 2.86 bits per heavy atom. The Morgan fingerprint density at radius 1 is 1.64 bits per heavy atom. The van der Waals surface area contributed by atoms with Crippen molar-refractivity contribution in [2.45, 2.75) is 0 Å². The van der Waals surface area contributed by atoms with Crippen LogP contribution < -0.4 is 11.1 Å². The molecule has 74 valence electrons. The number of nitrogens with one attached hydrogen (secondary N) is 1. The highest BCUT2D eigenvalue weighted by Crippen LogP contribution is 2.10. The van der Waals surface area contributed by atoms with Crippen LogP contribution in [0, 0.1) is 0 Å². The lowest BCUT2D eigenvalue weighted by Crippen LogP contribution is -2.30. The van der Waals surface area contributed by atoms with Gasteiger partial charge in [-0.3, -0.25) is 4.79 Å². The van der Waals surface area contributed by atoms with E-state index >= 15 is 0 Å². The van der Waals surface area contributed by atoms with Crippen LogP contribution in [0.25, 0.3) is 0 Å². The average molecular weight is 259 g/mol. The number of carbonyl (C=O) groups excluding carboxylic acids is 1. The molecule has 14 heavy (non-hydrogen) atoms. The van der Waals surface area contributed by atoms with Crippen LogP contribution in [0.15, 0.2) is 28.0 Å². The fourth-order valence-electron chi connectivity index (χ4n) is 0.676. The Kier molecular flexibility index (Phi) is 3.41. The van der Waals surface area contributed by atoms with E-state index in [1.807, 2.05) is 0 Å². The molecule has 7 heteroatoms. The summed E-state index contributed by atoms with van der Waals surface area (Å²) in [6.45, 7) is 0. The summed E-state index contributed by atoms with van der Waals surface area (Å²) < 4.78 is 0.791. The van der Waals surface area contributed by atoms with E-state index in [0.717, 1.165) is 4.47 Å². The lowest BCUT2D eigenvalue weighted by molar-refractivity contribution is -0.110. The molecule has 0 atom stereocenters. The van der Waals surface area contributed by atoms with Crippen molar-refractivity contribution < 1.29 is 10.0 Å². The summed E-state index contributed by atoms with van der Waals surface area (Å²) in [6, 6.07) is 3.28. The number of halogens is 1. The van der Waals surface area contributed by atoms with Gasteiger partial charge in [0.15, 0.2) is 0 Å². The van der Waals surface area contributed by atoms with Gasteiger partial charge in [0.05, 0.1) is 0 Å². The molecule has 1 aromatic heterocycles. The van der Waals surface area contributed by atoms with Gasteiger partial charge in [-0.1, -0.05) is 5.16 Å². The molecule has 0 bridgehead atoms. The largest absolute Gasteiger partial charge is 0.409 e. The summed E-state index contributed by atoms with van der Waals surface area (Å²) in [4.78, 5) is 14.9. The molecule has 0 saturated carbocycles. The maximum Gasteiger partial charge on any atom is 0.295 e. The molecule has 0 fully saturated rings. The van der Waals surface area contributed by atoms with Crippen molar-refractivity contribution in [2.24, 2.45) is 10.9 Å². The van der Waals surface area contributed by atoms with Gasteiger partial charge in [-0.2, -0.15) is 0 Å². The number of hydrogen-bond donors (Lipinski definition) is 3. The summed E-state index contributed by atoms with van der Waals surface area (Å²) in [5.74, 6) is -0.901. The molecule has 0 saturated heterocycles. The maximum atomic E-state index is 11.0. The number of amidine groups is 1. The standard InChI is InChI=1S/C7H7BrN4O2/c8-4-1-2-5(10-3-4)11-7(13)6(9)12-14/h1-3,14H,(H2,9,12)(H,10,11,13). The van der Waals surface area contributed by atoms with Crippen LogP contribution in [0.4, 0.5) is 5.82 Å². The Bertz CT molecular complexity index is 362. The number of nitrogens with zero attached hydrogens (tertiary/aromatic N) is 2. The van der Waals surface area contributed by atoms with E-state index in [0.29, 0.717) is 5.82 Å². The number of aromatic nitrogens is 1. The van der Waals surface area contributed by atoms with Gasteiger partial charge >= 0.3 is 0 Å². The van der Waals surface area contributed by atoms with Gasteiger partial charge in [0, 0.05) is 10.7 Å². The Morgan fingerprint density at radius 2 is 2.36 bits per heavy atom. The van der Waals surface area contributed by atoms with Crippen LogP contribution >= 0.6 is 15.9 Å². The smallest absolute Gasteiger partial charge is 0.295 e. The van der Waals surface area contributed by atoms with E-state index < -0.39 is 11.7 Å². The first-order valence-corrected chi connectivity index (χ1v) is 4.33. The molecule has 0 aliphatic heterocycles. The zero-order valence-corrected chi connectivity index (χ0v) is 8.52. The Labute approximate surface area is 87.9 Å². The first-order valence-electron chi connectivity index (χ1n) is 3.54. The lowest BCUT2D eigenvalue weighted by Gasteiger charge is -2.01. The minimum absolute atomic E-state index is 0.324. The third-order valence-electron chi connectivity index (χ3n) is 1.31. The van der Waals surface area contributed by atoms with E-state index in [1.54, 1.807) is 12.1 Å². The van der Waals surface area contributed by atoms with Crippen molar-refractivity contribution in [1.82, 2.24) is 4.98 Å². The van der Waals surface area contributed by atoms with Gasteiger partial charge in [-0.25, -0.2) is 4.98 Å². The maximum absolute atomic E-state index is 11.0. The fourth-order valence-corrected chi connectivity index (χ4v) is 0.910. The van der Waals surface area contributed by atoms with Crippen LogP contribution in [0.5, 0.6) is 0 Å². The molecular formula is C7H7BrN4O2. The van der Waals surface area contributed by atoms with Crippen LogP contribution in [0.1, 0.15) is 0 Å². The van der Waals surface area contributed by atoms with Crippen LogP contribution in [-0.2, 0) is 4.79 Å². The number of amides is 1. The molecule has 4 N–H and O–H groups in total. The number of carbonyl (C=O) groups is 1. The van der Waals surface area contributed by atoms with Gasteiger partial charge in [0.25, 0.3) is 5.91 Å². The molecule has 1 heterocycles. The summed E-state index contributed by atoms with van der Waals surface area (Å²) in [5, 5.41) is 13.1. The quantitative estimate of drug-likeness (QED) is 0.296. The molecular weight excluding hydrogens is 252 g/mol. The highest BCUT2D eigenvalue weighted by Gasteiger charge is 2.07. The fraction of sp³-hybridized carbons (Fsp3) is 0. The predicted octanol–water partition coefficient (Wildman–Crippen LogP) is 0.529. The van der Waals surface area contributed by atoms with Crippen molar-refractivity contribution in [1.29, 1.82) is 0 Å².